The third-order valence-electron chi connectivity index (χ3n) is 1.78. The average Bonchev–Trinajstić information content (AvgIpc) is 2.17. The van der Waals surface area contributed by atoms with Gasteiger partial charge in [0.25, 0.3) is 0 Å². The molecule has 0 aliphatic heterocycles. The Morgan fingerprint density at radius 3 is 2.54 bits per heavy atom. The number of esters is 1. The molecule has 0 saturated heterocycles. The van der Waals surface area contributed by atoms with E-state index in [1.54, 1.807) is 7.11 Å². The van der Waals surface area contributed by atoms with E-state index in [4.69, 9.17) is 10.5 Å². The SMILES string of the molecule is COC(=O)C(CN)NCC(C)OC. The number of nitrogens with two attached hydrogens (primary N) is 1. The van der Waals surface area contributed by atoms with Gasteiger partial charge in [0, 0.05) is 20.2 Å². The zero-order valence-corrected chi connectivity index (χ0v) is 8.37. The van der Waals surface area contributed by atoms with Gasteiger partial charge in [0.05, 0.1) is 13.2 Å². The molecule has 0 aromatic carbocycles. The number of nitrogens with one attached hydrogen (secondary N) is 1. The second-order valence-corrected chi connectivity index (χ2v) is 2.77. The first kappa shape index (κ1) is 12.3. The van der Waals surface area contributed by atoms with Crippen LogP contribution in [-0.4, -0.2) is 45.4 Å². The zero-order valence-electron chi connectivity index (χ0n) is 8.37. The second kappa shape index (κ2) is 6.82. The summed E-state index contributed by atoms with van der Waals surface area (Å²) in [6.07, 6.45) is 0.0544. The highest BCUT2D eigenvalue weighted by molar-refractivity contribution is 5.75. The summed E-state index contributed by atoms with van der Waals surface area (Å²) in [5.74, 6) is -0.342. The molecule has 5 heteroatoms. The number of carbonyl (C=O) groups excluding carboxylic acids is 1. The monoisotopic (exact) mass is 190 g/mol. The molecule has 13 heavy (non-hydrogen) atoms. The summed E-state index contributed by atoms with van der Waals surface area (Å²) >= 11 is 0. The van der Waals surface area contributed by atoms with Crippen LogP contribution in [0.15, 0.2) is 0 Å². The van der Waals surface area contributed by atoms with Gasteiger partial charge in [0.2, 0.25) is 0 Å². The predicted molar refractivity (Wildman–Crippen MR) is 49.3 cm³/mol. The van der Waals surface area contributed by atoms with Crippen molar-refractivity contribution in [2.45, 2.75) is 19.1 Å². The van der Waals surface area contributed by atoms with Crippen LogP contribution in [0, 0.1) is 0 Å². The van der Waals surface area contributed by atoms with Crippen molar-refractivity contribution >= 4 is 5.97 Å². The summed E-state index contributed by atoms with van der Waals surface area (Å²) in [5, 5.41) is 2.95. The van der Waals surface area contributed by atoms with Crippen LogP contribution in [-0.2, 0) is 14.3 Å². The maximum Gasteiger partial charge on any atom is 0.324 e. The molecule has 3 N–H and O–H groups in total. The lowest BCUT2D eigenvalue weighted by Crippen LogP contribution is -2.46. The minimum absolute atomic E-state index is 0.0544. The van der Waals surface area contributed by atoms with Crippen molar-refractivity contribution in [3.8, 4) is 0 Å². The van der Waals surface area contributed by atoms with Crippen molar-refractivity contribution in [3.05, 3.63) is 0 Å². The van der Waals surface area contributed by atoms with Gasteiger partial charge in [-0.2, -0.15) is 0 Å². The molecule has 0 radical (unpaired) electrons. The molecule has 0 aliphatic carbocycles. The van der Waals surface area contributed by atoms with Crippen LogP contribution >= 0.6 is 0 Å². The van der Waals surface area contributed by atoms with E-state index in [-0.39, 0.29) is 18.6 Å². The van der Waals surface area contributed by atoms with E-state index in [0.29, 0.717) is 6.54 Å². The van der Waals surface area contributed by atoms with Crippen molar-refractivity contribution in [1.29, 1.82) is 0 Å². The van der Waals surface area contributed by atoms with Crippen molar-refractivity contribution in [2.75, 3.05) is 27.3 Å². The minimum Gasteiger partial charge on any atom is -0.468 e. The van der Waals surface area contributed by atoms with Crippen molar-refractivity contribution in [3.63, 3.8) is 0 Å². The summed E-state index contributed by atoms with van der Waals surface area (Å²) in [7, 11) is 2.95. The summed E-state index contributed by atoms with van der Waals surface area (Å²) in [5.41, 5.74) is 5.37. The fourth-order valence-corrected chi connectivity index (χ4v) is 0.797. The molecule has 2 unspecified atom stereocenters. The smallest absolute Gasteiger partial charge is 0.324 e. The molecule has 0 aliphatic rings. The van der Waals surface area contributed by atoms with Gasteiger partial charge in [0.15, 0.2) is 0 Å². The lowest BCUT2D eigenvalue weighted by atomic mass is 10.3. The Morgan fingerprint density at radius 1 is 1.54 bits per heavy atom. The van der Waals surface area contributed by atoms with E-state index in [9.17, 15) is 4.79 Å². The molecule has 78 valence electrons. The normalized spacial score (nSPS) is 15.1. The lowest BCUT2D eigenvalue weighted by Gasteiger charge is -2.16. The van der Waals surface area contributed by atoms with Crippen molar-refractivity contribution in [1.82, 2.24) is 5.32 Å². The Bertz CT molecular complexity index is 152. The summed E-state index contributed by atoms with van der Waals surface area (Å²) < 4.78 is 9.55. The molecule has 0 fully saturated rings. The largest absolute Gasteiger partial charge is 0.468 e. The fraction of sp³-hybridized carbons (Fsp3) is 0.875. The predicted octanol–water partition coefficient (Wildman–Crippen LogP) is -0.889. The molecular weight excluding hydrogens is 172 g/mol. The first-order valence-electron chi connectivity index (χ1n) is 4.19. The van der Waals surface area contributed by atoms with Crippen molar-refractivity contribution < 1.29 is 14.3 Å². The minimum atomic E-state index is -0.442. The molecule has 0 aromatic rings. The highest BCUT2D eigenvalue weighted by Gasteiger charge is 2.16. The number of rotatable bonds is 6. The van der Waals surface area contributed by atoms with Crippen LogP contribution in [0.2, 0.25) is 0 Å². The maximum absolute atomic E-state index is 11.0. The standard InChI is InChI=1S/C8H18N2O3/c1-6(12-2)5-10-7(4-9)8(11)13-3/h6-7,10H,4-5,9H2,1-3H3. The van der Waals surface area contributed by atoms with Gasteiger partial charge < -0.3 is 20.5 Å². The number of methoxy groups -OCH3 is 2. The number of ether oxygens (including phenoxy) is 2. The van der Waals surface area contributed by atoms with E-state index < -0.39 is 6.04 Å². The van der Waals surface area contributed by atoms with Gasteiger partial charge in [-0.1, -0.05) is 0 Å². The molecule has 2 atom stereocenters. The van der Waals surface area contributed by atoms with Crippen LogP contribution in [0.1, 0.15) is 6.92 Å². The highest BCUT2D eigenvalue weighted by atomic mass is 16.5. The lowest BCUT2D eigenvalue weighted by molar-refractivity contribution is -0.142. The van der Waals surface area contributed by atoms with Gasteiger partial charge in [-0.05, 0) is 6.92 Å². The Hall–Kier alpha value is -0.650. The molecule has 0 bridgehead atoms. The highest BCUT2D eigenvalue weighted by Crippen LogP contribution is 1.89. The quantitative estimate of drug-likeness (QED) is 0.532. The van der Waals surface area contributed by atoms with Gasteiger partial charge in [-0.3, -0.25) is 4.79 Å². The average molecular weight is 190 g/mol. The molecule has 0 rings (SSSR count). The Kier molecular flexibility index (Phi) is 6.48. The van der Waals surface area contributed by atoms with E-state index in [0.717, 1.165) is 0 Å². The molecule has 0 spiro atoms. The van der Waals surface area contributed by atoms with E-state index in [2.05, 4.69) is 10.1 Å². The first-order chi connectivity index (χ1) is 6.15. The van der Waals surface area contributed by atoms with Crippen LogP contribution in [0.4, 0.5) is 0 Å². The number of carbonyl (C=O) groups is 1. The summed E-state index contributed by atoms with van der Waals surface area (Å²) in [4.78, 5) is 11.0. The Morgan fingerprint density at radius 2 is 2.15 bits per heavy atom. The van der Waals surface area contributed by atoms with Crippen LogP contribution in [0.3, 0.4) is 0 Å². The van der Waals surface area contributed by atoms with Crippen LogP contribution in [0.25, 0.3) is 0 Å². The van der Waals surface area contributed by atoms with E-state index in [1.165, 1.54) is 7.11 Å². The fourth-order valence-electron chi connectivity index (χ4n) is 0.797. The van der Waals surface area contributed by atoms with Gasteiger partial charge >= 0.3 is 5.97 Å². The maximum atomic E-state index is 11.0. The van der Waals surface area contributed by atoms with Crippen LogP contribution < -0.4 is 11.1 Å². The molecule has 5 nitrogen and oxygen atoms in total. The zero-order chi connectivity index (χ0) is 10.3. The second-order valence-electron chi connectivity index (χ2n) is 2.77. The topological polar surface area (TPSA) is 73.6 Å². The third kappa shape index (κ3) is 4.82. The van der Waals surface area contributed by atoms with Gasteiger partial charge in [0.1, 0.15) is 6.04 Å². The molecule has 0 amide bonds. The van der Waals surface area contributed by atoms with Crippen LogP contribution in [0.5, 0.6) is 0 Å². The molecule has 0 heterocycles. The summed E-state index contributed by atoms with van der Waals surface area (Å²) in [6.45, 7) is 2.70. The Labute approximate surface area is 78.6 Å². The van der Waals surface area contributed by atoms with Crippen molar-refractivity contribution in [2.24, 2.45) is 5.73 Å². The van der Waals surface area contributed by atoms with E-state index >= 15 is 0 Å². The molecular formula is C8H18N2O3. The number of hydrogen-bond donors (Lipinski definition) is 2. The number of hydrogen-bond acceptors (Lipinski definition) is 5. The molecule has 0 saturated carbocycles. The van der Waals surface area contributed by atoms with Gasteiger partial charge in [-0.25, -0.2) is 0 Å². The Balaban J connectivity index is 3.78. The summed E-state index contributed by atoms with van der Waals surface area (Å²) in [6, 6.07) is -0.442. The third-order valence-corrected chi connectivity index (χ3v) is 1.78. The first-order valence-corrected chi connectivity index (χ1v) is 4.19. The van der Waals surface area contributed by atoms with Gasteiger partial charge in [-0.15, -0.1) is 0 Å². The molecule has 0 aromatic heterocycles. The van der Waals surface area contributed by atoms with E-state index in [1.807, 2.05) is 6.92 Å².